The van der Waals surface area contributed by atoms with E-state index in [1.165, 1.54) is 5.56 Å². The Bertz CT molecular complexity index is 1300. The zero-order chi connectivity index (χ0) is 24.7. The standard InChI is InChI=1S/C32H29NO3/c1-35-28-21-17-27(18-22-28)33-31(30(32(33)34)14-8-13-24-9-4-2-5-10-24)26-15-19-29(20-16-26)36-23-25-11-6-3-7-12-25/h2-12,14-22,30-31H,13,23H2,1H3/t30-,31-/m1/s1. The summed E-state index contributed by atoms with van der Waals surface area (Å²) >= 11 is 0. The highest BCUT2D eigenvalue weighted by Crippen LogP contribution is 2.44. The monoisotopic (exact) mass is 475 g/mol. The summed E-state index contributed by atoms with van der Waals surface area (Å²) < 4.78 is 11.3. The minimum absolute atomic E-state index is 0.0823. The summed E-state index contributed by atoms with van der Waals surface area (Å²) in [5.74, 6) is 1.45. The van der Waals surface area contributed by atoms with E-state index in [0.29, 0.717) is 6.61 Å². The number of carbonyl (C=O) groups is 1. The molecule has 180 valence electrons. The molecule has 4 nitrogen and oxygen atoms in total. The second-order valence-corrected chi connectivity index (χ2v) is 8.84. The van der Waals surface area contributed by atoms with Gasteiger partial charge in [-0.3, -0.25) is 4.79 Å². The summed E-state index contributed by atoms with van der Waals surface area (Å²) in [6.45, 7) is 0.519. The number of ether oxygens (including phenoxy) is 2. The van der Waals surface area contributed by atoms with Gasteiger partial charge >= 0.3 is 0 Å². The summed E-state index contributed by atoms with van der Waals surface area (Å²) in [4.78, 5) is 15.2. The molecular formula is C32H29NO3. The number of amides is 1. The Labute approximate surface area is 212 Å². The van der Waals surface area contributed by atoms with Gasteiger partial charge in [0, 0.05) is 5.69 Å². The maximum Gasteiger partial charge on any atom is 0.236 e. The van der Waals surface area contributed by atoms with E-state index in [9.17, 15) is 4.79 Å². The topological polar surface area (TPSA) is 38.8 Å². The van der Waals surface area contributed by atoms with Crippen LogP contribution in [0.25, 0.3) is 0 Å². The molecule has 1 saturated heterocycles. The van der Waals surface area contributed by atoms with Gasteiger partial charge in [-0.25, -0.2) is 0 Å². The number of hydrogen-bond acceptors (Lipinski definition) is 3. The van der Waals surface area contributed by atoms with Crippen LogP contribution in [0.5, 0.6) is 11.5 Å². The van der Waals surface area contributed by atoms with Gasteiger partial charge in [-0.15, -0.1) is 0 Å². The van der Waals surface area contributed by atoms with Crippen LogP contribution in [0.15, 0.2) is 121 Å². The number of benzene rings is 4. The third kappa shape index (κ3) is 5.18. The molecule has 0 saturated carbocycles. The van der Waals surface area contributed by atoms with Gasteiger partial charge < -0.3 is 14.4 Å². The molecule has 4 heteroatoms. The first-order valence-electron chi connectivity index (χ1n) is 12.2. The number of β-lactam (4-membered cyclic amide) rings is 1. The summed E-state index contributed by atoms with van der Waals surface area (Å²) in [5, 5.41) is 0. The lowest BCUT2D eigenvalue weighted by atomic mass is 9.81. The van der Waals surface area contributed by atoms with Crippen molar-refractivity contribution in [1.82, 2.24) is 0 Å². The number of carbonyl (C=O) groups excluding carboxylic acids is 1. The SMILES string of the molecule is COc1ccc(N2C(=O)[C@H](C=CCc3ccccc3)[C@H]2c2ccc(OCc3ccccc3)cc2)cc1. The van der Waals surface area contributed by atoms with Crippen molar-refractivity contribution in [2.75, 3.05) is 12.0 Å². The van der Waals surface area contributed by atoms with E-state index in [-0.39, 0.29) is 17.9 Å². The van der Waals surface area contributed by atoms with Crippen molar-refractivity contribution in [3.05, 3.63) is 138 Å². The minimum Gasteiger partial charge on any atom is -0.497 e. The average molecular weight is 476 g/mol. The fraction of sp³-hybridized carbons (Fsp3) is 0.156. The van der Waals surface area contributed by atoms with E-state index in [4.69, 9.17) is 9.47 Å². The van der Waals surface area contributed by atoms with Crippen molar-refractivity contribution < 1.29 is 14.3 Å². The van der Waals surface area contributed by atoms with Gasteiger partial charge in [-0.2, -0.15) is 0 Å². The Morgan fingerprint density at radius 3 is 2.00 bits per heavy atom. The maximum atomic E-state index is 13.3. The molecule has 0 bridgehead atoms. The molecule has 1 aliphatic heterocycles. The molecule has 1 heterocycles. The van der Waals surface area contributed by atoms with Crippen LogP contribution in [0.4, 0.5) is 5.69 Å². The van der Waals surface area contributed by atoms with Crippen LogP contribution in [0.2, 0.25) is 0 Å². The number of rotatable bonds is 9. The van der Waals surface area contributed by atoms with Crippen molar-refractivity contribution in [3.8, 4) is 11.5 Å². The van der Waals surface area contributed by atoms with Crippen LogP contribution in [-0.4, -0.2) is 13.0 Å². The minimum atomic E-state index is -0.216. The number of nitrogens with zero attached hydrogens (tertiary/aromatic N) is 1. The Morgan fingerprint density at radius 1 is 0.750 bits per heavy atom. The van der Waals surface area contributed by atoms with Crippen molar-refractivity contribution in [1.29, 1.82) is 0 Å². The van der Waals surface area contributed by atoms with Crippen molar-refractivity contribution >= 4 is 11.6 Å². The normalized spacial score (nSPS) is 17.1. The molecule has 0 radical (unpaired) electrons. The molecule has 4 aromatic carbocycles. The number of hydrogen-bond donors (Lipinski definition) is 0. The van der Waals surface area contributed by atoms with Gasteiger partial charge in [-0.05, 0) is 59.5 Å². The molecule has 4 aromatic rings. The molecule has 0 unspecified atom stereocenters. The van der Waals surface area contributed by atoms with Crippen LogP contribution in [-0.2, 0) is 17.8 Å². The molecular weight excluding hydrogens is 446 g/mol. The molecule has 0 spiro atoms. The van der Waals surface area contributed by atoms with Crippen LogP contribution in [0.1, 0.15) is 22.7 Å². The number of methoxy groups -OCH3 is 1. The fourth-order valence-corrected chi connectivity index (χ4v) is 4.55. The first kappa shape index (κ1) is 23.4. The molecule has 5 rings (SSSR count). The zero-order valence-corrected chi connectivity index (χ0v) is 20.3. The van der Waals surface area contributed by atoms with E-state index in [2.05, 4.69) is 36.4 Å². The second kappa shape index (κ2) is 11.0. The lowest BCUT2D eigenvalue weighted by Crippen LogP contribution is -2.54. The van der Waals surface area contributed by atoms with Crippen molar-refractivity contribution in [3.63, 3.8) is 0 Å². The predicted molar refractivity (Wildman–Crippen MR) is 143 cm³/mol. The molecule has 1 amide bonds. The molecule has 1 fully saturated rings. The van der Waals surface area contributed by atoms with Gasteiger partial charge in [0.25, 0.3) is 0 Å². The van der Waals surface area contributed by atoms with Gasteiger partial charge in [0.05, 0.1) is 19.1 Å². The first-order chi connectivity index (χ1) is 17.7. The Hall–Kier alpha value is -4.31. The third-order valence-electron chi connectivity index (χ3n) is 6.50. The van der Waals surface area contributed by atoms with Gasteiger partial charge in [-0.1, -0.05) is 84.9 Å². The second-order valence-electron chi connectivity index (χ2n) is 8.84. The molecule has 2 atom stereocenters. The van der Waals surface area contributed by atoms with Crippen LogP contribution >= 0.6 is 0 Å². The summed E-state index contributed by atoms with van der Waals surface area (Å²) in [6.07, 6.45) is 4.96. The third-order valence-corrected chi connectivity index (χ3v) is 6.50. The lowest BCUT2D eigenvalue weighted by molar-refractivity contribution is -0.128. The van der Waals surface area contributed by atoms with Gasteiger partial charge in [0.1, 0.15) is 18.1 Å². The van der Waals surface area contributed by atoms with Crippen molar-refractivity contribution in [2.45, 2.75) is 19.1 Å². The van der Waals surface area contributed by atoms with E-state index in [1.807, 2.05) is 89.8 Å². The predicted octanol–water partition coefficient (Wildman–Crippen LogP) is 6.78. The highest BCUT2D eigenvalue weighted by Gasteiger charge is 2.47. The molecule has 36 heavy (non-hydrogen) atoms. The Morgan fingerprint density at radius 2 is 1.36 bits per heavy atom. The van der Waals surface area contributed by atoms with Gasteiger partial charge in [0.2, 0.25) is 5.91 Å². The maximum absolute atomic E-state index is 13.3. The lowest BCUT2D eigenvalue weighted by Gasteiger charge is -2.46. The first-order valence-corrected chi connectivity index (χ1v) is 12.2. The number of allylic oxidation sites excluding steroid dienone is 1. The van der Waals surface area contributed by atoms with Crippen molar-refractivity contribution in [2.24, 2.45) is 5.92 Å². The largest absolute Gasteiger partial charge is 0.497 e. The number of anilines is 1. The van der Waals surface area contributed by atoms with Gasteiger partial charge in [0.15, 0.2) is 0 Å². The Kier molecular flexibility index (Phi) is 7.13. The molecule has 0 aromatic heterocycles. The van der Waals surface area contributed by atoms with Crippen LogP contribution in [0.3, 0.4) is 0 Å². The summed E-state index contributed by atoms with van der Waals surface area (Å²) in [5.41, 5.74) is 4.29. The highest BCUT2D eigenvalue weighted by atomic mass is 16.5. The quantitative estimate of drug-likeness (QED) is 0.198. The molecule has 0 aliphatic carbocycles. The van der Waals surface area contributed by atoms with E-state index in [1.54, 1.807) is 7.11 Å². The van der Waals surface area contributed by atoms with E-state index < -0.39 is 0 Å². The van der Waals surface area contributed by atoms with Crippen LogP contribution in [0, 0.1) is 5.92 Å². The van der Waals surface area contributed by atoms with E-state index >= 15 is 0 Å². The van der Waals surface area contributed by atoms with E-state index in [0.717, 1.165) is 34.7 Å². The average Bonchev–Trinajstić information content (AvgIpc) is 2.94. The summed E-state index contributed by atoms with van der Waals surface area (Å²) in [6, 6.07) is 36.0. The Balaban J connectivity index is 1.35. The highest BCUT2D eigenvalue weighted by molar-refractivity contribution is 6.04. The fourth-order valence-electron chi connectivity index (χ4n) is 4.55. The smallest absolute Gasteiger partial charge is 0.236 e. The zero-order valence-electron chi connectivity index (χ0n) is 20.3. The molecule has 0 N–H and O–H groups in total. The summed E-state index contributed by atoms with van der Waals surface area (Å²) in [7, 11) is 1.64. The van der Waals surface area contributed by atoms with Crippen LogP contribution < -0.4 is 14.4 Å². The molecule has 1 aliphatic rings.